The van der Waals surface area contributed by atoms with Gasteiger partial charge in [-0.2, -0.15) is 0 Å². The minimum absolute atomic E-state index is 0.0142. The van der Waals surface area contributed by atoms with Gasteiger partial charge in [-0.05, 0) is 40.5 Å². The number of likely N-dealkylation sites (N-methyl/N-ethyl adjacent to an activating group) is 1. The maximum Gasteiger partial charge on any atom is 0.254 e. The van der Waals surface area contributed by atoms with Crippen molar-refractivity contribution in [3.63, 3.8) is 0 Å². The van der Waals surface area contributed by atoms with Gasteiger partial charge in [0, 0.05) is 12.4 Å². The summed E-state index contributed by atoms with van der Waals surface area (Å²) in [5.41, 5.74) is 1.81. The first-order chi connectivity index (χ1) is 9.58. The summed E-state index contributed by atoms with van der Waals surface area (Å²) in [7, 11) is 1.79. The number of aryl methyl sites for hydroxylation is 1. The lowest BCUT2D eigenvalue weighted by Crippen LogP contribution is -2.30. The number of thiophene rings is 1. The third-order valence-corrected chi connectivity index (χ3v) is 4.44. The summed E-state index contributed by atoms with van der Waals surface area (Å²) in [6.07, 6.45) is 0. The topological polar surface area (TPSA) is 29.5 Å². The van der Waals surface area contributed by atoms with Crippen LogP contribution in [0.1, 0.15) is 15.9 Å². The van der Waals surface area contributed by atoms with Crippen molar-refractivity contribution in [2.75, 3.05) is 20.2 Å². The fourth-order valence-electron chi connectivity index (χ4n) is 1.76. The standard InChI is InChI=1S/C15H16BrNO2S/c1-11-5-3-4-6-13(11)19-8-7-17(2)15(18)12-9-14(16)20-10-12/h3-6,9-10H,7-8H2,1-2H3. The zero-order chi connectivity index (χ0) is 14.5. The second-order valence-corrected chi connectivity index (χ2v) is 6.77. The molecule has 2 rings (SSSR count). The molecule has 0 radical (unpaired) electrons. The number of para-hydroxylation sites is 1. The fraction of sp³-hybridized carbons (Fsp3) is 0.267. The molecule has 5 heteroatoms. The molecule has 20 heavy (non-hydrogen) atoms. The Morgan fingerprint density at radius 1 is 1.40 bits per heavy atom. The Morgan fingerprint density at radius 2 is 2.15 bits per heavy atom. The van der Waals surface area contributed by atoms with E-state index >= 15 is 0 Å². The summed E-state index contributed by atoms with van der Waals surface area (Å²) in [6, 6.07) is 9.71. The van der Waals surface area contributed by atoms with E-state index in [9.17, 15) is 4.79 Å². The Bertz CT molecular complexity index is 597. The van der Waals surface area contributed by atoms with E-state index in [2.05, 4.69) is 15.9 Å². The average molecular weight is 354 g/mol. The highest BCUT2D eigenvalue weighted by Crippen LogP contribution is 2.21. The zero-order valence-electron chi connectivity index (χ0n) is 11.4. The predicted octanol–water partition coefficient (Wildman–Crippen LogP) is 3.97. The molecule has 0 aliphatic carbocycles. The van der Waals surface area contributed by atoms with Gasteiger partial charge in [0.05, 0.1) is 15.9 Å². The summed E-state index contributed by atoms with van der Waals surface area (Å²) in [4.78, 5) is 13.8. The molecule has 0 bridgehead atoms. The Kier molecular flexibility index (Phi) is 5.20. The number of nitrogens with zero attached hydrogens (tertiary/aromatic N) is 1. The molecule has 0 saturated carbocycles. The lowest BCUT2D eigenvalue weighted by molar-refractivity contribution is 0.0774. The van der Waals surface area contributed by atoms with E-state index in [1.807, 2.05) is 42.6 Å². The number of ether oxygens (including phenoxy) is 1. The van der Waals surface area contributed by atoms with Crippen molar-refractivity contribution in [3.05, 3.63) is 50.6 Å². The van der Waals surface area contributed by atoms with Gasteiger partial charge in [0.1, 0.15) is 12.4 Å². The van der Waals surface area contributed by atoms with Gasteiger partial charge in [0.25, 0.3) is 5.91 Å². The number of carbonyl (C=O) groups excluding carboxylic acids is 1. The van der Waals surface area contributed by atoms with Crippen LogP contribution in [0.25, 0.3) is 0 Å². The maximum absolute atomic E-state index is 12.1. The van der Waals surface area contributed by atoms with Crippen molar-refractivity contribution in [1.29, 1.82) is 0 Å². The van der Waals surface area contributed by atoms with Crippen LogP contribution >= 0.6 is 27.3 Å². The van der Waals surface area contributed by atoms with Crippen LogP contribution in [0.4, 0.5) is 0 Å². The first-order valence-electron chi connectivity index (χ1n) is 6.26. The van der Waals surface area contributed by atoms with Gasteiger partial charge in [-0.3, -0.25) is 4.79 Å². The van der Waals surface area contributed by atoms with Gasteiger partial charge in [0.2, 0.25) is 0 Å². The quantitative estimate of drug-likeness (QED) is 0.813. The van der Waals surface area contributed by atoms with Crippen LogP contribution in [0.2, 0.25) is 0 Å². The summed E-state index contributed by atoms with van der Waals surface area (Å²) in [5, 5.41) is 1.85. The minimum atomic E-state index is 0.0142. The van der Waals surface area contributed by atoms with Crippen LogP contribution in [-0.4, -0.2) is 31.0 Å². The normalized spacial score (nSPS) is 10.3. The molecule has 1 heterocycles. The molecule has 2 aromatic rings. The van der Waals surface area contributed by atoms with Gasteiger partial charge < -0.3 is 9.64 Å². The Balaban J connectivity index is 1.85. The molecule has 0 spiro atoms. The van der Waals surface area contributed by atoms with Crippen molar-refractivity contribution in [3.8, 4) is 5.75 Å². The lowest BCUT2D eigenvalue weighted by Gasteiger charge is -2.17. The highest BCUT2D eigenvalue weighted by molar-refractivity contribution is 9.11. The van der Waals surface area contributed by atoms with E-state index < -0.39 is 0 Å². The van der Waals surface area contributed by atoms with Crippen molar-refractivity contribution in [1.82, 2.24) is 4.90 Å². The molecule has 3 nitrogen and oxygen atoms in total. The predicted molar refractivity (Wildman–Crippen MR) is 85.7 cm³/mol. The Hall–Kier alpha value is -1.33. The molecule has 0 unspecified atom stereocenters. The second kappa shape index (κ2) is 6.90. The summed E-state index contributed by atoms with van der Waals surface area (Å²) >= 11 is 4.87. The van der Waals surface area contributed by atoms with E-state index in [-0.39, 0.29) is 5.91 Å². The smallest absolute Gasteiger partial charge is 0.254 e. The molecule has 0 atom stereocenters. The van der Waals surface area contributed by atoms with Gasteiger partial charge in [-0.1, -0.05) is 18.2 Å². The van der Waals surface area contributed by atoms with Crippen molar-refractivity contribution >= 4 is 33.2 Å². The zero-order valence-corrected chi connectivity index (χ0v) is 13.8. The van der Waals surface area contributed by atoms with E-state index in [4.69, 9.17) is 4.74 Å². The molecular weight excluding hydrogens is 338 g/mol. The summed E-state index contributed by atoms with van der Waals surface area (Å²) < 4.78 is 6.66. The monoisotopic (exact) mass is 353 g/mol. The summed E-state index contributed by atoms with van der Waals surface area (Å²) in [5.74, 6) is 0.881. The molecular formula is C15H16BrNO2S. The average Bonchev–Trinajstić information content (AvgIpc) is 2.86. The van der Waals surface area contributed by atoms with Crippen LogP contribution in [0, 0.1) is 6.92 Å². The molecule has 1 aromatic heterocycles. The fourth-order valence-corrected chi connectivity index (χ4v) is 2.89. The van der Waals surface area contributed by atoms with Crippen LogP contribution < -0.4 is 4.74 Å². The first-order valence-corrected chi connectivity index (χ1v) is 7.93. The van der Waals surface area contributed by atoms with Crippen LogP contribution in [-0.2, 0) is 0 Å². The SMILES string of the molecule is Cc1ccccc1OCCN(C)C(=O)c1csc(Br)c1. The molecule has 106 valence electrons. The number of halogens is 1. The van der Waals surface area contributed by atoms with Crippen LogP contribution in [0.5, 0.6) is 5.75 Å². The number of hydrogen-bond acceptors (Lipinski definition) is 3. The second-order valence-electron chi connectivity index (χ2n) is 4.48. The molecule has 0 fully saturated rings. The van der Waals surface area contributed by atoms with Gasteiger partial charge >= 0.3 is 0 Å². The number of amides is 1. The number of rotatable bonds is 5. The highest BCUT2D eigenvalue weighted by Gasteiger charge is 2.13. The molecule has 1 amide bonds. The molecule has 0 aliphatic heterocycles. The highest BCUT2D eigenvalue weighted by atomic mass is 79.9. The molecule has 0 N–H and O–H groups in total. The third-order valence-electron chi connectivity index (χ3n) is 2.94. The van der Waals surface area contributed by atoms with Crippen molar-refractivity contribution < 1.29 is 9.53 Å². The van der Waals surface area contributed by atoms with Crippen LogP contribution in [0.15, 0.2) is 39.5 Å². The third kappa shape index (κ3) is 3.84. The maximum atomic E-state index is 12.1. The largest absolute Gasteiger partial charge is 0.491 e. The van der Waals surface area contributed by atoms with Gasteiger partial charge in [-0.25, -0.2) is 0 Å². The van der Waals surface area contributed by atoms with Crippen molar-refractivity contribution in [2.45, 2.75) is 6.92 Å². The molecule has 0 saturated heterocycles. The Morgan fingerprint density at radius 3 is 2.80 bits per heavy atom. The van der Waals surface area contributed by atoms with Crippen LogP contribution in [0.3, 0.4) is 0 Å². The van der Waals surface area contributed by atoms with Gasteiger partial charge in [-0.15, -0.1) is 11.3 Å². The summed E-state index contributed by atoms with van der Waals surface area (Å²) in [6.45, 7) is 3.05. The minimum Gasteiger partial charge on any atom is -0.491 e. The number of benzene rings is 1. The van der Waals surface area contributed by atoms with Gasteiger partial charge in [0.15, 0.2) is 0 Å². The first kappa shape index (κ1) is 15.1. The van der Waals surface area contributed by atoms with E-state index in [1.54, 1.807) is 11.9 Å². The molecule has 1 aromatic carbocycles. The lowest BCUT2D eigenvalue weighted by atomic mass is 10.2. The Labute approximate surface area is 131 Å². The van der Waals surface area contributed by atoms with E-state index in [0.717, 1.165) is 15.1 Å². The number of hydrogen-bond donors (Lipinski definition) is 0. The van der Waals surface area contributed by atoms with Crippen molar-refractivity contribution in [2.24, 2.45) is 0 Å². The van der Waals surface area contributed by atoms with E-state index in [1.165, 1.54) is 11.3 Å². The molecule has 0 aliphatic rings. The van der Waals surface area contributed by atoms with E-state index in [0.29, 0.717) is 18.7 Å². The number of carbonyl (C=O) groups is 1.